The van der Waals surface area contributed by atoms with E-state index in [1.54, 1.807) is 63.2 Å². The van der Waals surface area contributed by atoms with E-state index in [9.17, 15) is 18.0 Å². The van der Waals surface area contributed by atoms with Gasteiger partial charge in [-0.1, -0.05) is 24.3 Å². The highest BCUT2D eigenvalue weighted by molar-refractivity contribution is 7.92. The Hall–Kier alpha value is -2.67. The lowest BCUT2D eigenvalue weighted by Gasteiger charge is -2.19. The molecule has 7 heteroatoms. The van der Waals surface area contributed by atoms with Crippen molar-refractivity contribution in [2.45, 2.75) is 32.4 Å². The highest BCUT2D eigenvalue weighted by atomic mass is 32.2. The first kappa shape index (κ1) is 21.6. The van der Waals surface area contributed by atoms with Gasteiger partial charge in [0.2, 0.25) is 0 Å². The minimum Gasteiger partial charge on any atom is -0.351 e. The van der Waals surface area contributed by atoms with Crippen molar-refractivity contribution in [2.24, 2.45) is 0 Å². The molecule has 0 saturated carbocycles. The molecule has 0 aliphatic carbocycles. The summed E-state index contributed by atoms with van der Waals surface area (Å²) in [6.07, 6.45) is 0. The first-order valence-corrected chi connectivity index (χ1v) is 10.6. The highest BCUT2D eigenvalue weighted by Gasteiger charge is 2.28. The van der Waals surface area contributed by atoms with Crippen LogP contribution in [0.1, 0.15) is 47.1 Å². The second kappa shape index (κ2) is 8.56. The SMILES string of the molecule is Cc1ccc(C(=O)NCCS(=O)(=O)C(C)(C)C)cc1NC(=O)c1ccccc1. The number of aryl methyl sites for hydroxylation is 1. The lowest BCUT2D eigenvalue weighted by molar-refractivity contribution is 0.0954. The third kappa shape index (κ3) is 5.42. The summed E-state index contributed by atoms with van der Waals surface area (Å²) in [4.78, 5) is 24.7. The average Bonchev–Trinajstić information content (AvgIpc) is 2.63. The van der Waals surface area contributed by atoms with Crippen molar-refractivity contribution in [3.05, 3.63) is 65.2 Å². The Morgan fingerprint density at radius 1 is 0.929 bits per heavy atom. The van der Waals surface area contributed by atoms with Gasteiger partial charge in [0.05, 0.1) is 10.5 Å². The van der Waals surface area contributed by atoms with Crippen molar-refractivity contribution in [2.75, 3.05) is 17.6 Å². The first-order chi connectivity index (χ1) is 13.0. The van der Waals surface area contributed by atoms with Gasteiger partial charge >= 0.3 is 0 Å². The van der Waals surface area contributed by atoms with Crippen LogP contribution in [0.25, 0.3) is 0 Å². The number of carbonyl (C=O) groups is 2. The number of nitrogens with one attached hydrogen (secondary N) is 2. The smallest absolute Gasteiger partial charge is 0.255 e. The molecule has 0 heterocycles. The van der Waals surface area contributed by atoms with Crippen molar-refractivity contribution in [1.29, 1.82) is 0 Å². The second-order valence-electron chi connectivity index (χ2n) is 7.54. The number of anilines is 1. The Balaban J connectivity index is 2.06. The van der Waals surface area contributed by atoms with Gasteiger partial charge in [0.15, 0.2) is 9.84 Å². The average molecular weight is 403 g/mol. The van der Waals surface area contributed by atoms with E-state index in [0.29, 0.717) is 16.8 Å². The van der Waals surface area contributed by atoms with Crippen molar-refractivity contribution in [3.63, 3.8) is 0 Å². The lowest BCUT2D eigenvalue weighted by atomic mass is 10.1. The third-order valence-electron chi connectivity index (χ3n) is 4.37. The fraction of sp³-hybridized carbons (Fsp3) is 0.333. The summed E-state index contributed by atoms with van der Waals surface area (Å²) < 4.78 is 23.4. The minimum absolute atomic E-state index is 0.0258. The molecule has 2 N–H and O–H groups in total. The summed E-state index contributed by atoms with van der Waals surface area (Å²) >= 11 is 0. The van der Waals surface area contributed by atoms with E-state index in [1.807, 2.05) is 13.0 Å². The van der Waals surface area contributed by atoms with Gasteiger partial charge in [-0.15, -0.1) is 0 Å². The molecule has 28 heavy (non-hydrogen) atoms. The molecule has 0 aliphatic heterocycles. The minimum atomic E-state index is -3.31. The molecule has 0 bridgehead atoms. The molecule has 2 aromatic carbocycles. The molecule has 0 radical (unpaired) electrons. The van der Waals surface area contributed by atoms with Gasteiger partial charge in [-0.3, -0.25) is 9.59 Å². The Morgan fingerprint density at radius 3 is 2.18 bits per heavy atom. The van der Waals surface area contributed by atoms with E-state index in [-0.39, 0.29) is 24.1 Å². The summed E-state index contributed by atoms with van der Waals surface area (Å²) in [5, 5.41) is 5.44. The summed E-state index contributed by atoms with van der Waals surface area (Å²) in [6, 6.07) is 13.8. The van der Waals surface area contributed by atoms with Crippen LogP contribution >= 0.6 is 0 Å². The van der Waals surface area contributed by atoms with Crippen molar-refractivity contribution in [1.82, 2.24) is 5.32 Å². The Kier molecular flexibility index (Phi) is 6.61. The maximum atomic E-state index is 12.4. The van der Waals surface area contributed by atoms with Crippen LogP contribution in [0, 0.1) is 6.92 Å². The Bertz CT molecular complexity index is 962. The quantitative estimate of drug-likeness (QED) is 0.776. The third-order valence-corrected chi connectivity index (χ3v) is 6.98. The molecule has 150 valence electrons. The summed E-state index contributed by atoms with van der Waals surface area (Å²) in [6.45, 7) is 6.75. The number of hydrogen-bond donors (Lipinski definition) is 2. The monoisotopic (exact) mass is 402 g/mol. The van der Waals surface area contributed by atoms with Crippen molar-refractivity contribution in [3.8, 4) is 0 Å². The fourth-order valence-corrected chi connectivity index (χ4v) is 3.37. The zero-order chi connectivity index (χ0) is 20.9. The van der Waals surface area contributed by atoms with E-state index in [4.69, 9.17) is 0 Å². The second-order valence-corrected chi connectivity index (χ2v) is 10.4. The molecule has 0 aliphatic rings. The predicted octanol–water partition coefficient (Wildman–Crippen LogP) is 3.19. The number of sulfone groups is 1. The summed E-state index contributed by atoms with van der Waals surface area (Å²) in [5.41, 5.74) is 2.21. The van der Waals surface area contributed by atoms with Crippen LogP contribution in [0.5, 0.6) is 0 Å². The maximum Gasteiger partial charge on any atom is 0.255 e. The molecule has 0 unspecified atom stereocenters. The van der Waals surface area contributed by atoms with Crippen molar-refractivity contribution < 1.29 is 18.0 Å². The van der Waals surface area contributed by atoms with Gasteiger partial charge < -0.3 is 10.6 Å². The molecule has 2 rings (SSSR count). The van der Waals surface area contributed by atoms with Gasteiger partial charge in [0, 0.05) is 23.4 Å². The molecule has 2 amide bonds. The Morgan fingerprint density at radius 2 is 1.57 bits per heavy atom. The number of benzene rings is 2. The molecule has 0 saturated heterocycles. The fourth-order valence-electron chi connectivity index (χ4n) is 2.39. The van der Waals surface area contributed by atoms with Crippen LogP contribution in [-0.4, -0.2) is 37.3 Å². The number of carbonyl (C=O) groups excluding carboxylic acids is 2. The zero-order valence-corrected chi connectivity index (χ0v) is 17.4. The molecule has 0 atom stereocenters. The molecule has 0 aromatic heterocycles. The van der Waals surface area contributed by atoms with Gasteiger partial charge in [-0.05, 0) is 57.5 Å². The van der Waals surface area contributed by atoms with Crippen LogP contribution in [0.15, 0.2) is 48.5 Å². The predicted molar refractivity (Wildman–Crippen MR) is 111 cm³/mol. The summed E-state index contributed by atoms with van der Waals surface area (Å²) in [5.74, 6) is -0.789. The normalized spacial score (nSPS) is 11.7. The standard InChI is InChI=1S/C21H26N2O4S/c1-15-10-11-17(19(24)22-12-13-28(26,27)21(2,3)4)14-18(15)23-20(25)16-8-6-5-7-9-16/h5-11,14H,12-13H2,1-4H3,(H,22,24)(H,23,25). The molecule has 2 aromatic rings. The van der Waals surface area contributed by atoms with E-state index in [2.05, 4.69) is 10.6 Å². The van der Waals surface area contributed by atoms with Crippen LogP contribution in [-0.2, 0) is 9.84 Å². The van der Waals surface area contributed by atoms with Crippen molar-refractivity contribution >= 4 is 27.3 Å². The molecular weight excluding hydrogens is 376 g/mol. The number of rotatable bonds is 6. The molecule has 0 fully saturated rings. The Labute approximate surface area is 166 Å². The van der Waals surface area contributed by atoms with Gasteiger partial charge in [-0.2, -0.15) is 0 Å². The first-order valence-electron chi connectivity index (χ1n) is 8.99. The molecule has 6 nitrogen and oxygen atoms in total. The number of hydrogen-bond acceptors (Lipinski definition) is 4. The van der Waals surface area contributed by atoms with Gasteiger partial charge in [0.1, 0.15) is 0 Å². The van der Waals surface area contributed by atoms with Gasteiger partial charge in [-0.25, -0.2) is 8.42 Å². The van der Waals surface area contributed by atoms with Crippen LogP contribution in [0.3, 0.4) is 0 Å². The van der Waals surface area contributed by atoms with Crippen LogP contribution < -0.4 is 10.6 Å². The number of amides is 2. The van der Waals surface area contributed by atoms with Crippen LogP contribution in [0.2, 0.25) is 0 Å². The lowest BCUT2D eigenvalue weighted by Crippen LogP contribution is -2.36. The van der Waals surface area contributed by atoms with E-state index < -0.39 is 14.6 Å². The van der Waals surface area contributed by atoms with E-state index in [1.165, 1.54) is 0 Å². The van der Waals surface area contributed by atoms with E-state index >= 15 is 0 Å². The van der Waals surface area contributed by atoms with Gasteiger partial charge in [0.25, 0.3) is 11.8 Å². The zero-order valence-electron chi connectivity index (χ0n) is 16.6. The highest BCUT2D eigenvalue weighted by Crippen LogP contribution is 2.19. The molecular formula is C21H26N2O4S. The largest absolute Gasteiger partial charge is 0.351 e. The molecule has 0 spiro atoms. The topological polar surface area (TPSA) is 92.3 Å². The summed E-state index contributed by atoms with van der Waals surface area (Å²) in [7, 11) is -3.31. The van der Waals surface area contributed by atoms with E-state index in [0.717, 1.165) is 5.56 Å². The van der Waals surface area contributed by atoms with Crippen LogP contribution in [0.4, 0.5) is 5.69 Å². The maximum absolute atomic E-state index is 12.4.